The van der Waals surface area contributed by atoms with Gasteiger partial charge in [-0.2, -0.15) is 4.31 Å². The number of methoxy groups -OCH3 is 1. The van der Waals surface area contributed by atoms with Crippen LogP contribution in [0.1, 0.15) is 21.1 Å². The van der Waals surface area contributed by atoms with Crippen molar-refractivity contribution in [3.8, 4) is 5.75 Å². The van der Waals surface area contributed by atoms with Crippen molar-refractivity contribution >= 4 is 32.4 Å². The molecule has 0 fully saturated rings. The number of anilines is 1. The molecule has 1 aliphatic rings. The van der Waals surface area contributed by atoms with Gasteiger partial charge < -0.3 is 4.74 Å². The highest BCUT2D eigenvalue weighted by Crippen LogP contribution is 2.31. The molecule has 0 saturated carbocycles. The standard InChI is InChI=1S/C18H17N5O4S2/c1-27-12-3-2-4-13(9-12)29(25,26)23-8-5-14-16(11-23)28-18(21-14)22-17(24)15-10-19-6-7-20-15/h2-4,6-7,9-10H,5,8,11H2,1H3,(H,21,22,24). The zero-order valence-corrected chi connectivity index (χ0v) is 17.0. The maximum absolute atomic E-state index is 13.0. The monoisotopic (exact) mass is 431 g/mol. The minimum Gasteiger partial charge on any atom is -0.497 e. The van der Waals surface area contributed by atoms with Crippen LogP contribution in [0.15, 0.2) is 47.8 Å². The van der Waals surface area contributed by atoms with Crippen LogP contribution >= 0.6 is 11.3 Å². The first-order valence-electron chi connectivity index (χ1n) is 8.67. The molecular weight excluding hydrogens is 414 g/mol. The van der Waals surface area contributed by atoms with E-state index >= 15 is 0 Å². The molecule has 3 aromatic rings. The Labute approximate surface area is 171 Å². The molecule has 11 heteroatoms. The Balaban J connectivity index is 1.52. The van der Waals surface area contributed by atoms with Gasteiger partial charge in [0, 0.05) is 36.3 Å². The number of aromatic nitrogens is 3. The van der Waals surface area contributed by atoms with Gasteiger partial charge in [0.05, 0.1) is 30.4 Å². The number of ether oxygens (including phenoxy) is 1. The highest BCUT2D eigenvalue weighted by atomic mass is 32.2. The maximum Gasteiger partial charge on any atom is 0.277 e. The summed E-state index contributed by atoms with van der Waals surface area (Å²) in [5, 5.41) is 3.11. The van der Waals surface area contributed by atoms with E-state index in [0.717, 1.165) is 10.6 Å². The second-order valence-corrected chi connectivity index (χ2v) is 9.22. The SMILES string of the molecule is COc1cccc(S(=O)(=O)N2CCc3nc(NC(=O)c4cnccn4)sc3C2)c1. The van der Waals surface area contributed by atoms with E-state index in [1.165, 1.54) is 47.4 Å². The molecule has 0 spiro atoms. The van der Waals surface area contributed by atoms with Crippen LogP contribution in [-0.4, -0.2) is 47.2 Å². The third-order valence-electron chi connectivity index (χ3n) is 4.39. The van der Waals surface area contributed by atoms with E-state index in [9.17, 15) is 13.2 Å². The summed E-state index contributed by atoms with van der Waals surface area (Å²) in [4.78, 5) is 25.5. The Kier molecular flexibility index (Phi) is 5.26. The van der Waals surface area contributed by atoms with Gasteiger partial charge in [-0.1, -0.05) is 6.07 Å². The van der Waals surface area contributed by atoms with Crippen molar-refractivity contribution in [3.63, 3.8) is 0 Å². The van der Waals surface area contributed by atoms with E-state index in [4.69, 9.17) is 4.74 Å². The summed E-state index contributed by atoms with van der Waals surface area (Å²) in [6, 6.07) is 6.40. The first-order chi connectivity index (χ1) is 14.0. The largest absolute Gasteiger partial charge is 0.497 e. The van der Waals surface area contributed by atoms with Crippen LogP contribution < -0.4 is 10.1 Å². The Morgan fingerprint density at radius 2 is 2.17 bits per heavy atom. The van der Waals surface area contributed by atoms with E-state index in [2.05, 4.69) is 20.3 Å². The fourth-order valence-corrected chi connectivity index (χ4v) is 5.46. The summed E-state index contributed by atoms with van der Waals surface area (Å²) < 4.78 is 32.6. The molecule has 3 heterocycles. The number of rotatable bonds is 5. The quantitative estimate of drug-likeness (QED) is 0.656. The number of nitrogens with zero attached hydrogens (tertiary/aromatic N) is 4. The summed E-state index contributed by atoms with van der Waals surface area (Å²) >= 11 is 1.26. The van der Waals surface area contributed by atoms with Gasteiger partial charge in [0.1, 0.15) is 11.4 Å². The van der Waals surface area contributed by atoms with E-state index in [-0.39, 0.29) is 17.1 Å². The fourth-order valence-electron chi connectivity index (χ4n) is 2.92. The molecule has 0 unspecified atom stereocenters. The smallest absolute Gasteiger partial charge is 0.277 e. The minimum absolute atomic E-state index is 0.181. The highest BCUT2D eigenvalue weighted by molar-refractivity contribution is 7.89. The van der Waals surface area contributed by atoms with Gasteiger partial charge in [0.25, 0.3) is 5.91 Å². The highest BCUT2D eigenvalue weighted by Gasteiger charge is 2.31. The molecule has 1 amide bonds. The number of amides is 1. The van der Waals surface area contributed by atoms with Crippen molar-refractivity contribution < 1.29 is 17.9 Å². The Morgan fingerprint density at radius 1 is 1.31 bits per heavy atom. The molecule has 150 valence electrons. The van der Waals surface area contributed by atoms with Crippen molar-refractivity contribution in [2.75, 3.05) is 19.0 Å². The second-order valence-electron chi connectivity index (χ2n) is 6.20. The minimum atomic E-state index is -3.67. The van der Waals surface area contributed by atoms with Crippen molar-refractivity contribution in [1.82, 2.24) is 19.3 Å². The van der Waals surface area contributed by atoms with Gasteiger partial charge in [-0.3, -0.25) is 15.1 Å². The zero-order chi connectivity index (χ0) is 20.4. The van der Waals surface area contributed by atoms with Crippen LogP contribution in [0.4, 0.5) is 5.13 Å². The first kappa shape index (κ1) is 19.4. The molecule has 1 N–H and O–H groups in total. The predicted molar refractivity (Wildman–Crippen MR) is 106 cm³/mol. The summed E-state index contributed by atoms with van der Waals surface area (Å²) in [6.45, 7) is 0.515. The Hall–Kier alpha value is -2.89. The number of carbonyl (C=O) groups is 1. The summed E-state index contributed by atoms with van der Waals surface area (Å²) in [5.74, 6) is 0.0700. The van der Waals surface area contributed by atoms with Gasteiger partial charge in [-0.05, 0) is 12.1 Å². The molecule has 2 aromatic heterocycles. The van der Waals surface area contributed by atoms with E-state index in [0.29, 0.717) is 23.8 Å². The third-order valence-corrected chi connectivity index (χ3v) is 7.23. The molecule has 0 aliphatic carbocycles. The van der Waals surface area contributed by atoms with E-state index in [1.54, 1.807) is 18.2 Å². The lowest BCUT2D eigenvalue weighted by atomic mass is 10.2. The summed E-state index contributed by atoms with van der Waals surface area (Å²) in [6.07, 6.45) is 4.75. The number of carbonyl (C=O) groups excluding carboxylic acids is 1. The van der Waals surface area contributed by atoms with Crippen molar-refractivity contribution in [3.05, 3.63) is 59.1 Å². The number of sulfonamides is 1. The molecule has 4 rings (SSSR count). The van der Waals surface area contributed by atoms with Gasteiger partial charge in [-0.15, -0.1) is 11.3 Å². The topological polar surface area (TPSA) is 114 Å². The van der Waals surface area contributed by atoms with Gasteiger partial charge >= 0.3 is 0 Å². The van der Waals surface area contributed by atoms with Gasteiger partial charge in [-0.25, -0.2) is 18.4 Å². The molecule has 1 aromatic carbocycles. The lowest BCUT2D eigenvalue weighted by Crippen LogP contribution is -2.35. The van der Waals surface area contributed by atoms with Crippen LogP contribution in [-0.2, 0) is 23.0 Å². The zero-order valence-electron chi connectivity index (χ0n) is 15.4. The number of hydrogen-bond acceptors (Lipinski definition) is 8. The van der Waals surface area contributed by atoms with Gasteiger partial charge in [0.15, 0.2) is 5.13 Å². The van der Waals surface area contributed by atoms with Crippen LogP contribution in [0.2, 0.25) is 0 Å². The molecule has 0 bridgehead atoms. The predicted octanol–water partition coefficient (Wildman–Crippen LogP) is 1.94. The summed E-state index contributed by atoms with van der Waals surface area (Å²) in [7, 11) is -2.17. The molecule has 1 aliphatic heterocycles. The lowest BCUT2D eigenvalue weighted by molar-refractivity contribution is 0.102. The van der Waals surface area contributed by atoms with Crippen molar-refractivity contribution in [1.29, 1.82) is 0 Å². The Morgan fingerprint density at radius 3 is 2.93 bits per heavy atom. The van der Waals surface area contributed by atoms with Crippen LogP contribution in [0.25, 0.3) is 0 Å². The van der Waals surface area contributed by atoms with Crippen molar-refractivity contribution in [2.45, 2.75) is 17.9 Å². The Bertz CT molecular complexity index is 1150. The number of fused-ring (bicyclic) bond motifs is 1. The van der Waals surface area contributed by atoms with Crippen LogP contribution in [0.5, 0.6) is 5.75 Å². The van der Waals surface area contributed by atoms with E-state index < -0.39 is 15.9 Å². The lowest BCUT2D eigenvalue weighted by Gasteiger charge is -2.25. The molecule has 0 atom stereocenters. The average Bonchev–Trinajstić information content (AvgIpc) is 3.15. The first-order valence-corrected chi connectivity index (χ1v) is 10.9. The third kappa shape index (κ3) is 3.97. The summed E-state index contributed by atoms with van der Waals surface area (Å²) in [5.41, 5.74) is 0.976. The second kappa shape index (κ2) is 7.85. The number of benzene rings is 1. The molecule has 9 nitrogen and oxygen atoms in total. The molecular formula is C18H17N5O4S2. The molecule has 0 saturated heterocycles. The van der Waals surface area contributed by atoms with Crippen molar-refractivity contribution in [2.24, 2.45) is 0 Å². The average molecular weight is 431 g/mol. The van der Waals surface area contributed by atoms with E-state index in [1.807, 2.05) is 0 Å². The molecule has 0 radical (unpaired) electrons. The normalized spacial score (nSPS) is 14.2. The maximum atomic E-state index is 13.0. The number of nitrogens with one attached hydrogen (secondary N) is 1. The number of thiazole rings is 1. The van der Waals surface area contributed by atoms with Crippen LogP contribution in [0.3, 0.4) is 0 Å². The van der Waals surface area contributed by atoms with Crippen LogP contribution in [0, 0.1) is 0 Å². The fraction of sp³-hybridized carbons (Fsp3) is 0.222. The number of hydrogen-bond donors (Lipinski definition) is 1. The van der Waals surface area contributed by atoms with Gasteiger partial charge in [0.2, 0.25) is 10.0 Å². The molecule has 29 heavy (non-hydrogen) atoms.